The zero-order chi connectivity index (χ0) is 14.6. The highest BCUT2D eigenvalue weighted by Crippen LogP contribution is 2.56. The average molecular weight is 284 g/mol. The number of esters is 1. The molecule has 0 aromatic heterocycles. The van der Waals surface area contributed by atoms with Gasteiger partial charge in [-0.2, -0.15) is 0 Å². The predicted octanol–water partition coefficient (Wildman–Crippen LogP) is 2.18. The van der Waals surface area contributed by atoms with Crippen LogP contribution in [0.4, 0.5) is 5.69 Å². The number of nitrogens with one attached hydrogen (secondary N) is 2. The molecular weight excluding hydrogens is 264 g/mol. The van der Waals surface area contributed by atoms with Crippen LogP contribution in [0.1, 0.15) is 25.3 Å². The van der Waals surface area contributed by atoms with Crippen molar-refractivity contribution in [1.82, 2.24) is 5.32 Å². The maximum Gasteiger partial charge on any atom is 0.335 e. The van der Waals surface area contributed by atoms with Crippen molar-refractivity contribution in [3.8, 4) is 0 Å². The van der Waals surface area contributed by atoms with E-state index < -0.39 is 0 Å². The number of carbonyl (C=O) groups excluding carboxylic acids is 1. The second-order valence-electron chi connectivity index (χ2n) is 6.35. The summed E-state index contributed by atoms with van der Waals surface area (Å²) in [5.41, 5.74) is 4.27. The fourth-order valence-corrected chi connectivity index (χ4v) is 4.58. The summed E-state index contributed by atoms with van der Waals surface area (Å²) in [5.74, 6) is 0.222. The lowest BCUT2D eigenvalue weighted by Crippen LogP contribution is -2.49. The fourth-order valence-electron chi connectivity index (χ4n) is 4.58. The third-order valence-corrected chi connectivity index (χ3v) is 5.36. The molecule has 1 aromatic carbocycles. The van der Waals surface area contributed by atoms with Gasteiger partial charge in [0.25, 0.3) is 0 Å². The molecule has 3 aliphatic rings. The minimum absolute atomic E-state index is 0.0855. The van der Waals surface area contributed by atoms with Gasteiger partial charge in [0.05, 0.1) is 18.1 Å². The Morgan fingerprint density at radius 3 is 3.00 bits per heavy atom. The predicted molar refractivity (Wildman–Crippen MR) is 81.0 cm³/mol. The summed E-state index contributed by atoms with van der Waals surface area (Å²) in [4.78, 5) is 12.3. The highest BCUT2D eigenvalue weighted by atomic mass is 16.5. The third-order valence-electron chi connectivity index (χ3n) is 5.36. The van der Waals surface area contributed by atoms with Crippen LogP contribution in [-0.4, -0.2) is 25.7 Å². The van der Waals surface area contributed by atoms with Gasteiger partial charge in [0, 0.05) is 17.4 Å². The standard InChI is InChI=1S/C17H20N2O2/c1-10-9-11(16(20)21-2)15-17(7-8-18-14(10)17)12-5-3-4-6-13(12)19-15/h3-6,10,14,18-19H,7-9H2,1-2H3. The van der Waals surface area contributed by atoms with Crippen LogP contribution in [0.2, 0.25) is 0 Å². The maximum atomic E-state index is 12.3. The second kappa shape index (κ2) is 4.34. The fraction of sp³-hybridized carbons (Fsp3) is 0.471. The van der Waals surface area contributed by atoms with Crippen molar-refractivity contribution in [3.05, 3.63) is 41.1 Å². The summed E-state index contributed by atoms with van der Waals surface area (Å²) in [6.45, 7) is 3.22. The number of rotatable bonds is 1. The van der Waals surface area contributed by atoms with Crippen molar-refractivity contribution in [1.29, 1.82) is 0 Å². The molecule has 0 radical (unpaired) electrons. The Bertz CT molecular complexity index is 652. The molecule has 0 amide bonds. The Kier molecular flexibility index (Phi) is 2.67. The molecule has 4 heteroatoms. The van der Waals surface area contributed by atoms with Gasteiger partial charge in [-0.3, -0.25) is 0 Å². The van der Waals surface area contributed by atoms with Crippen LogP contribution in [0.3, 0.4) is 0 Å². The first-order valence-electron chi connectivity index (χ1n) is 7.60. The smallest absolute Gasteiger partial charge is 0.335 e. The number of anilines is 1. The van der Waals surface area contributed by atoms with Gasteiger partial charge in [-0.25, -0.2) is 4.79 Å². The van der Waals surface area contributed by atoms with Crippen LogP contribution in [-0.2, 0) is 14.9 Å². The second-order valence-corrected chi connectivity index (χ2v) is 6.35. The van der Waals surface area contributed by atoms with Gasteiger partial charge in [0.1, 0.15) is 0 Å². The molecule has 2 aliphatic heterocycles. The van der Waals surface area contributed by atoms with E-state index in [0.717, 1.165) is 36.3 Å². The number of methoxy groups -OCH3 is 1. The SMILES string of the molecule is COC(=O)C1=C2Nc3ccccc3C23CCNC3C(C)C1. The maximum absolute atomic E-state index is 12.3. The number of hydrogen-bond donors (Lipinski definition) is 2. The molecule has 0 saturated carbocycles. The molecule has 1 spiro atoms. The van der Waals surface area contributed by atoms with E-state index in [4.69, 9.17) is 4.74 Å². The van der Waals surface area contributed by atoms with E-state index in [0.29, 0.717) is 12.0 Å². The lowest BCUT2D eigenvalue weighted by molar-refractivity contribution is -0.136. The zero-order valence-electron chi connectivity index (χ0n) is 12.4. The average Bonchev–Trinajstić information content (AvgIpc) is 3.09. The summed E-state index contributed by atoms with van der Waals surface area (Å²) in [6.07, 6.45) is 1.80. The van der Waals surface area contributed by atoms with E-state index in [9.17, 15) is 4.79 Å². The zero-order valence-corrected chi connectivity index (χ0v) is 12.4. The monoisotopic (exact) mass is 284 g/mol. The molecule has 21 heavy (non-hydrogen) atoms. The molecule has 2 heterocycles. The van der Waals surface area contributed by atoms with Crippen molar-refractivity contribution < 1.29 is 9.53 Å². The summed E-state index contributed by atoms with van der Waals surface area (Å²) >= 11 is 0. The van der Waals surface area contributed by atoms with Crippen LogP contribution in [0, 0.1) is 5.92 Å². The van der Waals surface area contributed by atoms with E-state index in [-0.39, 0.29) is 11.4 Å². The molecular formula is C17H20N2O2. The van der Waals surface area contributed by atoms with Crippen LogP contribution in [0.5, 0.6) is 0 Å². The van der Waals surface area contributed by atoms with E-state index in [1.165, 1.54) is 12.7 Å². The minimum Gasteiger partial charge on any atom is -0.466 e. The topological polar surface area (TPSA) is 50.4 Å². The first-order chi connectivity index (χ1) is 10.2. The number of fused-ring (bicyclic) bond motifs is 1. The molecule has 3 unspecified atom stereocenters. The van der Waals surface area contributed by atoms with Crippen LogP contribution in [0.15, 0.2) is 35.5 Å². The van der Waals surface area contributed by atoms with Gasteiger partial charge in [-0.15, -0.1) is 0 Å². The van der Waals surface area contributed by atoms with Crippen LogP contribution in [0.25, 0.3) is 0 Å². The number of benzene rings is 1. The lowest BCUT2D eigenvalue weighted by atomic mass is 9.64. The van der Waals surface area contributed by atoms with Crippen molar-refractivity contribution in [2.24, 2.45) is 5.92 Å². The minimum atomic E-state index is -0.193. The molecule has 3 atom stereocenters. The first kappa shape index (κ1) is 12.9. The summed E-state index contributed by atoms with van der Waals surface area (Å²) < 4.78 is 5.03. The molecule has 0 bridgehead atoms. The van der Waals surface area contributed by atoms with E-state index >= 15 is 0 Å². The first-order valence-corrected chi connectivity index (χ1v) is 7.60. The largest absolute Gasteiger partial charge is 0.466 e. The molecule has 2 N–H and O–H groups in total. The number of carbonyl (C=O) groups is 1. The Morgan fingerprint density at radius 2 is 2.19 bits per heavy atom. The normalized spacial score (nSPS) is 33.0. The Labute approximate surface area is 124 Å². The van der Waals surface area contributed by atoms with Crippen molar-refractivity contribution in [2.45, 2.75) is 31.2 Å². The van der Waals surface area contributed by atoms with Gasteiger partial charge in [0.2, 0.25) is 0 Å². The van der Waals surface area contributed by atoms with Gasteiger partial charge in [-0.1, -0.05) is 25.1 Å². The summed E-state index contributed by atoms with van der Waals surface area (Å²) in [6, 6.07) is 8.81. The van der Waals surface area contributed by atoms with Crippen LogP contribution < -0.4 is 10.6 Å². The number of para-hydroxylation sites is 1. The Morgan fingerprint density at radius 1 is 1.38 bits per heavy atom. The van der Waals surface area contributed by atoms with Crippen molar-refractivity contribution in [3.63, 3.8) is 0 Å². The van der Waals surface area contributed by atoms with E-state index in [1.54, 1.807) is 0 Å². The number of ether oxygens (including phenoxy) is 1. The number of hydrogen-bond acceptors (Lipinski definition) is 4. The molecule has 1 fully saturated rings. The van der Waals surface area contributed by atoms with Crippen molar-refractivity contribution >= 4 is 11.7 Å². The Hall–Kier alpha value is -1.81. The van der Waals surface area contributed by atoms with Crippen molar-refractivity contribution in [2.75, 3.05) is 19.0 Å². The lowest BCUT2D eigenvalue weighted by Gasteiger charge is -2.41. The van der Waals surface area contributed by atoms with E-state index in [1.807, 2.05) is 6.07 Å². The molecule has 1 saturated heterocycles. The van der Waals surface area contributed by atoms with Gasteiger partial charge in [0.15, 0.2) is 0 Å². The molecule has 4 rings (SSSR count). The highest BCUT2D eigenvalue weighted by molar-refractivity contribution is 5.92. The van der Waals surface area contributed by atoms with E-state index in [2.05, 4.69) is 35.8 Å². The van der Waals surface area contributed by atoms with Gasteiger partial charge in [-0.05, 0) is 36.9 Å². The highest BCUT2D eigenvalue weighted by Gasteiger charge is 2.57. The molecule has 1 aromatic rings. The molecule has 110 valence electrons. The molecule has 4 nitrogen and oxygen atoms in total. The summed E-state index contributed by atoms with van der Waals surface area (Å²) in [7, 11) is 1.47. The van der Waals surface area contributed by atoms with Gasteiger partial charge < -0.3 is 15.4 Å². The van der Waals surface area contributed by atoms with Gasteiger partial charge >= 0.3 is 5.97 Å². The quantitative estimate of drug-likeness (QED) is 0.776. The Balaban J connectivity index is 1.98. The third kappa shape index (κ3) is 1.51. The molecule has 1 aliphatic carbocycles. The van der Waals surface area contributed by atoms with Crippen LogP contribution >= 0.6 is 0 Å². The summed E-state index contributed by atoms with van der Waals surface area (Å²) in [5, 5.41) is 7.19.